The number of aromatic nitrogens is 6. The third kappa shape index (κ3) is 5.00. The number of hydrogen-bond acceptors (Lipinski definition) is 10. The Bertz CT molecular complexity index is 1150. The highest BCUT2D eigenvalue weighted by molar-refractivity contribution is 5.63. The van der Waals surface area contributed by atoms with Gasteiger partial charge in [0.25, 0.3) is 0 Å². The predicted molar refractivity (Wildman–Crippen MR) is 133 cm³/mol. The molecule has 2 aromatic heterocycles. The minimum Gasteiger partial charge on any atom is -0.494 e. The van der Waals surface area contributed by atoms with E-state index in [4.69, 9.17) is 14.5 Å². The van der Waals surface area contributed by atoms with Crippen molar-refractivity contribution in [3.63, 3.8) is 0 Å². The summed E-state index contributed by atoms with van der Waals surface area (Å²) in [5.41, 5.74) is 1.51. The summed E-state index contributed by atoms with van der Waals surface area (Å²) >= 11 is 0. The zero-order valence-corrected chi connectivity index (χ0v) is 20.6. The molecule has 35 heavy (non-hydrogen) atoms. The largest absolute Gasteiger partial charge is 0.494 e. The van der Waals surface area contributed by atoms with Crippen molar-refractivity contribution in [1.82, 2.24) is 35.1 Å². The molecule has 4 heterocycles. The molecule has 0 spiro atoms. The highest BCUT2D eigenvalue weighted by atomic mass is 16.5. The third-order valence-electron chi connectivity index (χ3n) is 7.02. The van der Waals surface area contributed by atoms with Crippen LogP contribution in [-0.4, -0.2) is 75.0 Å². The fraction of sp³-hybridized carbons (Fsp3) is 0.542. The third-order valence-corrected chi connectivity index (χ3v) is 7.02. The first-order valence-corrected chi connectivity index (χ1v) is 12.3. The normalized spacial score (nSPS) is 20.2. The van der Waals surface area contributed by atoms with Crippen molar-refractivity contribution in [3.8, 4) is 17.2 Å². The molecule has 0 amide bonds. The Kier molecular flexibility index (Phi) is 6.94. The Labute approximate surface area is 205 Å². The van der Waals surface area contributed by atoms with Crippen LogP contribution in [0.3, 0.4) is 0 Å². The number of tetrazole rings is 1. The number of methoxy groups -OCH3 is 2. The maximum atomic E-state index is 5.54. The molecule has 2 saturated heterocycles. The first-order chi connectivity index (χ1) is 17.2. The first-order valence-electron chi connectivity index (χ1n) is 12.3. The first kappa shape index (κ1) is 23.3. The molecule has 2 aliphatic heterocycles. The van der Waals surface area contributed by atoms with Crippen LogP contribution in [0.4, 0.5) is 17.5 Å². The van der Waals surface area contributed by atoms with Gasteiger partial charge < -0.3 is 25.0 Å². The molecular weight excluding hydrogens is 446 g/mol. The Morgan fingerprint density at radius 2 is 1.91 bits per heavy atom. The summed E-state index contributed by atoms with van der Waals surface area (Å²) in [7, 11) is 3.26. The Morgan fingerprint density at radius 1 is 1.06 bits per heavy atom. The van der Waals surface area contributed by atoms with E-state index in [2.05, 4.69) is 36.0 Å². The molecule has 0 aliphatic carbocycles. The van der Waals surface area contributed by atoms with Gasteiger partial charge in [-0.2, -0.15) is 9.67 Å². The molecule has 186 valence electrons. The number of rotatable bonds is 8. The Balaban J connectivity index is 1.33. The lowest BCUT2D eigenvalue weighted by atomic mass is 9.83. The van der Waals surface area contributed by atoms with Crippen LogP contribution in [0.2, 0.25) is 0 Å². The number of piperidine rings is 2. The quantitative estimate of drug-likeness (QED) is 0.499. The van der Waals surface area contributed by atoms with Gasteiger partial charge in [0.1, 0.15) is 11.4 Å². The van der Waals surface area contributed by atoms with Crippen LogP contribution < -0.4 is 20.1 Å². The topological polar surface area (TPSA) is 115 Å². The number of nitrogens with one attached hydrogen (secondary N) is 2. The molecule has 0 radical (unpaired) electrons. The smallest absolute Gasteiger partial charge is 0.229 e. The molecule has 2 atom stereocenters. The fourth-order valence-electron chi connectivity index (χ4n) is 5.27. The van der Waals surface area contributed by atoms with Crippen molar-refractivity contribution in [3.05, 3.63) is 30.2 Å². The highest BCUT2D eigenvalue weighted by Gasteiger charge is 2.32. The summed E-state index contributed by atoms with van der Waals surface area (Å²) in [5.74, 6) is 3.74. The zero-order chi connectivity index (χ0) is 24.2. The number of benzene rings is 1. The predicted octanol–water partition coefficient (Wildman–Crippen LogP) is 3.20. The molecule has 5 rings (SSSR count). The van der Waals surface area contributed by atoms with Crippen molar-refractivity contribution in [2.45, 2.75) is 45.1 Å². The van der Waals surface area contributed by atoms with E-state index in [9.17, 15) is 0 Å². The van der Waals surface area contributed by atoms with E-state index in [0.29, 0.717) is 41.0 Å². The van der Waals surface area contributed by atoms with E-state index in [0.717, 1.165) is 17.9 Å². The molecule has 1 aromatic carbocycles. The van der Waals surface area contributed by atoms with Gasteiger partial charge in [0.05, 0.1) is 20.4 Å². The van der Waals surface area contributed by atoms with Gasteiger partial charge in [0.2, 0.25) is 5.95 Å². The van der Waals surface area contributed by atoms with Gasteiger partial charge in [-0.3, -0.25) is 0 Å². The lowest BCUT2D eigenvalue weighted by Gasteiger charge is -2.44. The fourth-order valence-corrected chi connectivity index (χ4v) is 5.27. The van der Waals surface area contributed by atoms with Crippen LogP contribution in [0, 0.1) is 12.8 Å². The minimum absolute atomic E-state index is 0.473. The van der Waals surface area contributed by atoms with Crippen molar-refractivity contribution in [2.75, 3.05) is 44.5 Å². The average molecular weight is 480 g/mol. The van der Waals surface area contributed by atoms with Crippen molar-refractivity contribution in [2.24, 2.45) is 5.92 Å². The summed E-state index contributed by atoms with van der Waals surface area (Å²) in [6.45, 7) is 5.18. The number of aryl methyl sites for hydroxylation is 1. The second-order valence-electron chi connectivity index (χ2n) is 9.14. The van der Waals surface area contributed by atoms with Gasteiger partial charge in [-0.1, -0.05) is 6.42 Å². The highest BCUT2D eigenvalue weighted by Crippen LogP contribution is 2.32. The van der Waals surface area contributed by atoms with E-state index in [1.807, 2.05) is 25.1 Å². The van der Waals surface area contributed by atoms with Gasteiger partial charge >= 0.3 is 0 Å². The lowest BCUT2D eigenvalue weighted by molar-refractivity contribution is 0.0649. The molecule has 2 N–H and O–H groups in total. The molecular formula is C24H33N9O2. The number of ether oxygens (including phenoxy) is 2. The van der Waals surface area contributed by atoms with Crippen molar-refractivity contribution < 1.29 is 9.47 Å². The van der Waals surface area contributed by atoms with E-state index in [-0.39, 0.29) is 0 Å². The molecule has 0 bridgehead atoms. The summed E-state index contributed by atoms with van der Waals surface area (Å²) < 4.78 is 12.7. The van der Waals surface area contributed by atoms with Gasteiger partial charge in [-0.05, 0) is 80.2 Å². The number of fused-ring (bicyclic) bond motifs is 1. The number of anilines is 3. The maximum Gasteiger partial charge on any atom is 0.229 e. The average Bonchev–Trinajstić information content (AvgIpc) is 3.33. The molecule has 0 saturated carbocycles. The maximum absolute atomic E-state index is 5.54. The van der Waals surface area contributed by atoms with E-state index in [1.165, 1.54) is 45.2 Å². The van der Waals surface area contributed by atoms with Crippen LogP contribution in [0.5, 0.6) is 11.5 Å². The lowest BCUT2D eigenvalue weighted by Crippen LogP contribution is -2.49. The zero-order valence-electron chi connectivity index (χ0n) is 20.6. The van der Waals surface area contributed by atoms with E-state index >= 15 is 0 Å². The molecule has 2 aliphatic rings. The minimum atomic E-state index is 0.473. The standard InChI is InChI=1S/C24H33N9O2/c1-16-29-30-31-33(16)20-13-18(9-10-21(20)34-2)27-24-26-15-22(35-3)23(28-24)25-14-17-7-6-12-32-11-5-4-8-19(17)32/h9-10,13,15,17,19H,4-8,11-12,14H2,1-3H3,(H2,25,26,27,28)/t17-,19+/m0/s1. The number of nitrogens with zero attached hydrogens (tertiary/aromatic N) is 7. The molecule has 3 aromatic rings. The Hall–Kier alpha value is -3.47. The van der Waals surface area contributed by atoms with E-state index < -0.39 is 0 Å². The van der Waals surface area contributed by atoms with Crippen LogP contribution >= 0.6 is 0 Å². The molecule has 11 nitrogen and oxygen atoms in total. The van der Waals surface area contributed by atoms with Gasteiger partial charge in [-0.25, -0.2) is 4.98 Å². The molecule has 11 heteroatoms. The summed E-state index contributed by atoms with van der Waals surface area (Å²) in [4.78, 5) is 11.9. The van der Waals surface area contributed by atoms with Crippen LogP contribution in [0.25, 0.3) is 5.69 Å². The van der Waals surface area contributed by atoms with Gasteiger partial charge in [-0.15, -0.1) is 5.10 Å². The van der Waals surface area contributed by atoms with E-state index in [1.54, 1.807) is 25.1 Å². The van der Waals surface area contributed by atoms with Crippen LogP contribution in [-0.2, 0) is 0 Å². The SMILES string of the molecule is COc1ccc(Nc2ncc(OC)c(NC[C@@H]3CCCN4CCCC[C@H]34)n2)cc1-n1nnnc1C. The molecule has 2 fully saturated rings. The second-order valence-corrected chi connectivity index (χ2v) is 9.14. The summed E-state index contributed by atoms with van der Waals surface area (Å²) in [6.07, 6.45) is 8.15. The summed E-state index contributed by atoms with van der Waals surface area (Å²) in [5, 5.41) is 18.6. The summed E-state index contributed by atoms with van der Waals surface area (Å²) in [6, 6.07) is 6.34. The number of hydrogen-bond donors (Lipinski definition) is 2. The van der Waals surface area contributed by atoms with Crippen molar-refractivity contribution >= 4 is 17.5 Å². The monoisotopic (exact) mass is 479 g/mol. The molecule has 0 unspecified atom stereocenters. The van der Waals surface area contributed by atoms with Gasteiger partial charge in [0, 0.05) is 18.3 Å². The Morgan fingerprint density at radius 3 is 2.71 bits per heavy atom. The van der Waals surface area contributed by atoms with Crippen molar-refractivity contribution in [1.29, 1.82) is 0 Å². The van der Waals surface area contributed by atoms with Gasteiger partial charge in [0.15, 0.2) is 17.4 Å². The second kappa shape index (κ2) is 10.4. The van der Waals surface area contributed by atoms with Crippen LogP contribution in [0.15, 0.2) is 24.4 Å². The van der Waals surface area contributed by atoms with Crippen LogP contribution in [0.1, 0.15) is 37.9 Å².